The third-order valence-electron chi connectivity index (χ3n) is 5.66. The van der Waals surface area contributed by atoms with Gasteiger partial charge >= 0.3 is 0 Å². The van der Waals surface area contributed by atoms with Crippen molar-refractivity contribution < 1.29 is 14.3 Å². The molecule has 2 saturated heterocycles. The summed E-state index contributed by atoms with van der Waals surface area (Å²) in [5.41, 5.74) is 2.71. The van der Waals surface area contributed by atoms with E-state index in [4.69, 9.17) is 4.74 Å². The van der Waals surface area contributed by atoms with Crippen molar-refractivity contribution in [1.82, 2.24) is 4.90 Å². The molecular weight excluding hydrogens is 354 g/mol. The van der Waals surface area contributed by atoms with Crippen LogP contribution in [0.4, 0.5) is 11.4 Å². The Balaban J connectivity index is 1.48. The van der Waals surface area contributed by atoms with Gasteiger partial charge in [0.05, 0.1) is 25.3 Å². The predicted octanol–water partition coefficient (Wildman–Crippen LogP) is 2.46. The fourth-order valence-corrected chi connectivity index (χ4v) is 4.04. The van der Waals surface area contributed by atoms with Crippen molar-refractivity contribution in [2.75, 3.05) is 43.1 Å². The van der Waals surface area contributed by atoms with E-state index >= 15 is 0 Å². The van der Waals surface area contributed by atoms with Gasteiger partial charge in [0.15, 0.2) is 0 Å². The van der Waals surface area contributed by atoms with E-state index in [0.717, 1.165) is 31.7 Å². The number of hydrogen-bond donors (Lipinski definition) is 0. The minimum absolute atomic E-state index is 0.130. The molecule has 28 heavy (non-hydrogen) atoms. The molecule has 2 amide bonds. The SMILES string of the molecule is COc1ccc(C)c(N2C(=O)CC(N3CCN(c4ccccc4)CC3)C2=O)c1. The zero-order chi connectivity index (χ0) is 19.7. The van der Waals surface area contributed by atoms with Crippen LogP contribution < -0.4 is 14.5 Å². The number of hydrogen-bond acceptors (Lipinski definition) is 5. The molecule has 2 aromatic carbocycles. The second-order valence-corrected chi connectivity index (χ2v) is 7.30. The molecule has 2 aromatic rings. The minimum atomic E-state index is -0.379. The Morgan fingerprint density at radius 3 is 2.36 bits per heavy atom. The summed E-state index contributed by atoms with van der Waals surface area (Å²) in [5.74, 6) is 0.368. The molecule has 2 aliphatic rings. The summed E-state index contributed by atoms with van der Waals surface area (Å²) in [7, 11) is 1.58. The number of rotatable bonds is 4. The molecule has 0 aromatic heterocycles. The van der Waals surface area contributed by atoms with E-state index in [-0.39, 0.29) is 24.3 Å². The zero-order valence-electron chi connectivity index (χ0n) is 16.3. The molecule has 0 aliphatic carbocycles. The van der Waals surface area contributed by atoms with Gasteiger partial charge in [0.1, 0.15) is 5.75 Å². The number of aryl methyl sites for hydroxylation is 1. The number of nitrogens with zero attached hydrogens (tertiary/aromatic N) is 3. The van der Waals surface area contributed by atoms with Crippen molar-refractivity contribution in [3.8, 4) is 5.75 Å². The van der Waals surface area contributed by atoms with Crippen molar-refractivity contribution in [2.24, 2.45) is 0 Å². The molecule has 6 heteroatoms. The van der Waals surface area contributed by atoms with Gasteiger partial charge in [-0.25, -0.2) is 4.90 Å². The average molecular weight is 379 g/mol. The number of imide groups is 1. The molecule has 0 N–H and O–H groups in total. The van der Waals surface area contributed by atoms with Crippen LogP contribution in [0.2, 0.25) is 0 Å². The number of piperazine rings is 1. The van der Waals surface area contributed by atoms with Crippen LogP contribution in [0.3, 0.4) is 0 Å². The Hall–Kier alpha value is -2.86. The highest BCUT2D eigenvalue weighted by atomic mass is 16.5. The number of amides is 2. The molecule has 146 valence electrons. The molecule has 0 saturated carbocycles. The lowest BCUT2D eigenvalue weighted by Gasteiger charge is -2.38. The van der Waals surface area contributed by atoms with Gasteiger partial charge in [0.2, 0.25) is 5.91 Å². The van der Waals surface area contributed by atoms with E-state index in [9.17, 15) is 9.59 Å². The molecule has 1 atom stereocenters. The normalized spacial score (nSPS) is 20.7. The molecule has 1 unspecified atom stereocenters. The van der Waals surface area contributed by atoms with E-state index in [2.05, 4.69) is 21.9 Å². The van der Waals surface area contributed by atoms with E-state index in [1.165, 1.54) is 10.6 Å². The molecule has 2 heterocycles. The summed E-state index contributed by atoms with van der Waals surface area (Å²) in [6.45, 7) is 5.13. The van der Waals surface area contributed by atoms with Crippen molar-refractivity contribution in [2.45, 2.75) is 19.4 Å². The first-order valence-corrected chi connectivity index (χ1v) is 9.64. The van der Waals surface area contributed by atoms with Crippen molar-refractivity contribution in [3.05, 3.63) is 54.1 Å². The number of anilines is 2. The number of para-hydroxylation sites is 1. The maximum atomic E-state index is 13.1. The molecule has 2 aliphatic heterocycles. The van der Waals surface area contributed by atoms with Crippen LogP contribution in [0, 0.1) is 6.92 Å². The second-order valence-electron chi connectivity index (χ2n) is 7.30. The summed E-state index contributed by atoms with van der Waals surface area (Å²) in [5, 5.41) is 0. The van der Waals surface area contributed by atoms with Crippen LogP contribution in [0.5, 0.6) is 5.75 Å². The summed E-state index contributed by atoms with van der Waals surface area (Å²) < 4.78 is 5.27. The fraction of sp³-hybridized carbons (Fsp3) is 0.364. The maximum Gasteiger partial charge on any atom is 0.251 e. The van der Waals surface area contributed by atoms with E-state index in [1.807, 2.05) is 37.3 Å². The standard InChI is InChI=1S/C22H25N3O3/c1-16-8-9-18(28-2)14-19(16)25-21(26)15-20(22(25)27)24-12-10-23(11-13-24)17-6-4-3-5-7-17/h3-9,14,20H,10-13,15H2,1-2H3. The quantitative estimate of drug-likeness (QED) is 0.764. The third-order valence-corrected chi connectivity index (χ3v) is 5.66. The van der Waals surface area contributed by atoms with Gasteiger partial charge in [0, 0.05) is 37.9 Å². The largest absolute Gasteiger partial charge is 0.497 e. The van der Waals surface area contributed by atoms with Gasteiger partial charge < -0.3 is 9.64 Å². The van der Waals surface area contributed by atoms with Gasteiger partial charge in [0.25, 0.3) is 5.91 Å². The lowest BCUT2D eigenvalue weighted by atomic mass is 10.1. The van der Waals surface area contributed by atoms with E-state index in [0.29, 0.717) is 11.4 Å². The summed E-state index contributed by atoms with van der Waals surface area (Å²) in [4.78, 5) is 31.6. The summed E-state index contributed by atoms with van der Waals surface area (Å²) in [6, 6.07) is 15.4. The smallest absolute Gasteiger partial charge is 0.251 e. The van der Waals surface area contributed by atoms with E-state index in [1.54, 1.807) is 13.2 Å². The van der Waals surface area contributed by atoms with Crippen LogP contribution >= 0.6 is 0 Å². The Bertz CT molecular complexity index is 876. The van der Waals surface area contributed by atoms with Gasteiger partial charge in [-0.2, -0.15) is 0 Å². The minimum Gasteiger partial charge on any atom is -0.497 e. The van der Waals surface area contributed by atoms with Gasteiger partial charge in [-0.15, -0.1) is 0 Å². The highest BCUT2D eigenvalue weighted by Gasteiger charge is 2.43. The molecule has 0 spiro atoms. The van der Waals surface area contributed by atoms with Crippen LogP contribution in [-0.4, -0.2) is 56.0 Å². The molecule has 4 rings (SSSR count). The Morgan fingerprint density at radius 2 is 1.68 bits per heavy atom. The highest BCUT2D eigenvalue weighted by molar-refractivity contribution is 6.22. The number of carbonyl (C=O) groups is 2. The van der Waals surface area contributed by atoms with Crippen molar-refractivity contribution in [1.29, 1.82) is 0 Å². The maximum absolute atomic E-state index is 13.1. The Labute approximate surface area is 165 Å². The van der Waals surface area contributed by atoms with Crippen LogP contribution in [0.25, 0.3) is 0 Å². The van der Waals surface area contributed by atoms with Crippen LogP contribution in [0.15, 0.2) is 48.5 Å². The highest BCUT2D eigenvalue weighted by Crippen LogP contribution is 2.31. The van der Waals surface area contributed by atoms with Gasteiger partial charge in [-0.1, -0.05) is 24.3 Å². The van der Waals surface area contributed by atoms with Crippen molar-refractivity contribution in [3.63, 3.8) is 0 Å². The number of benzene rings is 2. The topological polar surface area (TPSA) is 53.1 Å². The predicted molar refractivity (Wildman–Crippen MR) is 109 cm³/mol. The Kier molecular flexibility index (Phi) is 5.05. The first-order valence-electron chi connectivity index (χ1n) is 9.64. The van der Waals surface area contributed by atoms with Gasteiger partial charge in [-0.3, -0.25) is 14.5 Å². The monoisotopic (exact) mass is 379 g/mol. The summed E-state index contributed by atoms with van der Waals surface area (Å²) in [6.07, 6.45) is 0.237. The first-order chi connectivity index (χ1) is 13.6. The fourth-order valence-electron chi connectivity index (χ4n) is 4.04. The summed E-state index contributed by atoms with van der Waals surface area (Å²) >= 11 is 0. The molecular formula is C22H25N3O3. The lowest BCUT2D eigenvalue weighted by Crippen LogP contribution is -2.52. The zero-order valence-corrected chi connectivity index (χ0v) is 16.3. The van der Waals surface area contributed by atoms with Gasteiger partial charge in [-0.05, 0) is 30.7 Å². The lowest BCUT2D eigenvalue weighted by molar-refractivity contribution is -0.123. The molecule has 2 fully saturated rings. The van der Waals surface area contributed by atoms with Crippen LogP contribution in [-0.2, 0) is 9.59 Å². The second kappa shape index (κ2) is 7.64. The number of carbonyl (C=O) groups excluding carboxylic acids is 2. The molecule has 0 radical (unpaired) electrons. The Morgan fingerprint density at radius 1 is 0.964 bits per heavy atom. The molecule has 0 bridgehead atoms. The average Bonchev–Trinajstić information content (AvgIpc) is 3.03. The van der Waals surface area contributed by atoms with Crippen molar-refractivity contribution >= 4 is 23.2 Å². The number of ether oxygens (including phenoxy) is 1. The number of methoxy groups -OCH3 is 1. The van der Waals surface area contributed by atoms with Crippen LogP contribution in [0.1, 0.15) is 12.0 Å². The molecule has 6 nitrogen and oxygen atoms in total. The first kappa shape index (κ1) is 18.5. The third kappa shape index (κ3) is 3.36. The van der Waals surface area contributed by atoms with E-state index < -0.39 is 0 Å².